The Kier molecular flexibility index (Phi) is 5.09. The second kappa shape index (κ2) is 6.81. The average Bonchev–Trinajstić information content (AvgIpc) is 2.80. The smallest absolute Gasteiger partial charge is 0.285 e. The molecule has 7 heteroatoms. The van der Waals surface area contributed by atoms with E-state index in [1.54, 1.807) is 0 Å². The molecule has 0 saturated heterocycles. The van der Waals surface area contributed by atoms with Crippen molar-refractivity contribution < 1.29 is 9.90 Å². The molecule has 1 saturated carbocycles. The van der Waals surface area contributed by atoms with Gasteiger partial charge in [-0.15, -0.1) is 10.2 Å². The molecule has 1 aromatic rings. The first kappa shape index (κ1) is 14.2. The van der Waals surface area contributed by atoms with Crippen LogP contribution in [0, 0.1) is 0 Å². The number of hydrogen-bond acceptors (Lipinski definition) is 6. The van der Waals surface area contributed by atoms with Crippen LogP contribution in [0.25, 0.3) is 0 Å². The summed E-state index contributed by atoms with van der Waals surface area (Å²) in [5, 5.41) is 21.0. The van der Waals surface area contributed by atoms with E-state index in [2.05, 4.69) is 15.5 Å². The Morgan fingerprint density at radius 1 is 1.53 bits per heavy atom. The van der Waals surface area contributed by atoms with Gasteiger partial charge < -0.3 is 15.3 Å². The van der Waals surface area contributed by atoms with E-state index in [4.69, 9.17) is 5.11 Å². The van der Waals surface area contributed by atoms with Gasteiger partial charge in [0.25, 0.3) is 5.91 Å². The number of carbonyl (C=O) groups is 1. The highest BCUT2D eigenvalue weighted by atomic mass is 32.1. The Hall–Kier alpha value is -1.21. The minimum Gasteiger partial charge on any atom is -0.396 e. The Labute approximate surface area is 116 Å². The maximum Gasteiger partial charge on any atom is 0.285 e. The third-order valence-electron chi connectivity index (χ3n) is 3.27. The Morgan fingerprint density at radius 2 is 2.32 bits per heavy atom. The fourth-order valence-corrected chi connectivity index (χ4v) is 2.81. The van der Waals surface area contributed by atoms with Gasteiger partial charge in [0, 0.05) is 25.7 Å². The van der Waals surface area contributed by atoms with Crippen LogP contribution < -0.4 is 5.32 Å². The second-order valence-electron chi connectivity index (χ2n) is 4.60. The molecule has 2 N–H and O–H groups in total. The summed E-state index contributed by atoms with van der Waals surface area (Å²) in [7, 11) is 0. The molecule has 0 bridgehead atoms. The van der Waals surface area contributed by atoms with Crippen LogP contribution in [0.3, 0.4) is 0 Å². The maximum atomic E-state index is 12.4. The van der Waals surface area contributed by atoms with Crippen LogP contribution in [0.5, 0.6) is 0 Å². The van der Waals surface area contributed by atoms with E-state index in [9.17, 15) is 4.79 Å². The summed E-state index contributed by atoms with van der Waals surface area (Å²) in [6.07, 6.45) is 3.89. The number of aliphatic hydroxyl groups excluding tert-OH is 1. The lowest BCUT2D eigenvalue weighted by Crippen LogP contribution is -2.44. The van der Waals surface area contributed by atoms with Crippen LogP contribution in [0.15, 0.2) is 0 Å². The fraction of sp³-hybridized carbons (Fsp3) is 0.750. The van der Waals surface area contributed by atoms with Crippen LogP contribution in [0.4, 0.5) is 5.13 Å². The Morgan fingerprint density at radius 3 is 2.89 bits per heavy atom. The molecule has 2 rings (SSSR count). The van der Waals surface area contributed by atoms with E-state index in [1.807, 2.05) is 11.8 Å². The molecular formula is C12H20N4O2S. The van der Waals surface area contributed by atoms with Crippen molar-refractivity contribution >= 4 is 22.4 Å². The minimum atomic E-state index is -0.0557. The lowest BCUT2D eigenvalue weighted by Gasteiger charge is -2.37. The molecule has 1 fully saturated rings. The molecule has 0 spiro atoms. The molecule has 19 heavy (non-hydrogen) atoms. The molecule has 0 aromatic carbocycles. The fourth-order valence-electron chi connectivity index (χ4n) is 2.04. The van der Waals surface area contributed by atoms with Crippen LogP contribution in [-0.4, -0.2) is 51.8 Å². The number of aliphatic hydroxyl groups is 1. The first-order valence-corrected chi connectivity index (χ1v) is 7.57. The van der Waals surface area contributed by atoms with Crippen LogP contribution in [-0.2, 0) is 0 Å². The van der Waals surface area contributed by atoms with Gasteiger partial charge in [-0.1, -0.05) is 11.3 Å². The van der Waals surface area contributed by atoms with E-state index in [1.165, 1.54) is 17.8 Å². The number of nitrogens with zero attached hydrogens (tertiary/aromatic N) is 3. The number of amides is 1. The average molecular weight is 284 g/mol. The molecule has 0 unspecified atom stereocenters. The van der Waals surface area contributed by atoms with Crippen molar-refractivity contribution in [1.82, 2.24) is 15.1 Å². The van der Waals surface area contributed by atoms with E-state index < -0.39 is 0 Å². The summed E-state index contributed by atoms with van der Waals surface area (Å²) in [6.45, 7) is 3.44. The molecule has 0 aliphatic heterocycles. The Bertz CT molecular complexity index is 420. The first-order chi connectivity index (χ1) is 9.26. The highest BCUT2D eigenvalue weighted by Crippen LogP contribution is 2.27. The summed E-state index contributed by atoms with van der Waals surface area (Å²) in [5.41, 5.74) is 0. The lowest BCUT2D eigenvalue weighted by atomic mass is 9.91. The summed E-state index contributed by atoms with van der Waals surface area (Å²) in [4.78, 5) is 14.3. The molecule has 1 aliphatic rings. The van der Waals surface area contributed by atoms with Crippen LogP contribution in [0.1, 0.15) is 42.4 Å². The number of aromatic nitrogens is 2. The van der Waals surface area contributed by atoms with Gasteiger partial charge in [-0.3, -0.25) is 4.79 Å². The first-order valence-electron chi connectivity index (χ1n) is 6.75. The van der Waals surface area contributed by atoms with Gasteiger partial charge in [-0.25, -0.2) is 0 Å². The molecule has 1 amide bonds. The van der Waals surface area contributed by atoms with E-state index in [0.717, 1.165) is 19.4 Å². The number of anilines is 1. The van der Waals surface area contributed by atoms with Gasteiger partial charge in [0.2, 0.25) is 10.1 Å². The maximum absolute atomic E-state index is 12.4. The predicted octanol–water partition coefficient (Wildman–Crippen LogP) is 1.35. The van der Waals surface area contributed by atoms with Gasteiger partial charge in [0.05, 0.1) is 0 Å². The number of hydrogen-bond donors (Lipinski definition) is 2. The number of carbonyl (C=O) groups excluding carboxylic acids is 1. The number of nitrogens with one attached hydrogen (secondary N) is 1. The third kappa shape index (κ3) is 3.42. The largest absolute Gasteiger partial charge is 0.396 e. The minimum absolute atomic E-state index is 0.0557. The highest BCUT2D eigenvalue weighted by Gasteiger charge is 2.30. The monoisotopic (exact) mass is 284 g/mol. The van der Waals surface area contributed by atoms with Crippen molar-refractivity contribution in [3.05, 3.63) is 5.01 Å². The van der Waals surface area contributed by atoms with Gasteiger partial charge in [-0.05, 0) is 32.6 Å². The second-order valence-corrected chi connectivity index (χ2v) is 5.58. The van der Waals surface area contributed by atoms with E-state index >= 15 is 0 Å². The Balaban J connectivity index is 2.03. The summed E-state index contributed by atoms with van der Waals surface area (Å²) >= 11 is 1.29. The predicted molar refractivity (Wildman–Crippen MR) is 74.5 cm³/mol. The quantitative estimate of drug-likeness (QED) is 0.790. The zero-order valence-electron chi connectivity index (χ0n) is 11.1. The normalized spacial score (nSPS) is 15.1. The summed E-state index contributed by atoms with van der Waals surface area (Å²) in [5.74, 6) is -0.0557. The molecule has 106 valence electrons. The van der Waals surface area contributed by atoms with Crippen molar-refractivity contribution in [3.8, 4) is 0 Å². The van der Waals surface area contributed by atoms with Crippen molar-refractivity contribution in [2.75, 3.05) is 25.0 Å². The molecule has 0 atom stereocenters. The van der Waals surface area contributed by atoms with Crippen LogP contribution in [0.2, 0.25) is 0 Å². The van der Waals surface area contributed by atoms with Gasteiger partial charge >= 0.3 is 0 Å². The van der Waals surface area contributed by atoms with Crippen molar-refractivity contribution in [1.29, 1.82) is 0 Å². The van der Waals surface area contributed by atoms with Gasteiger partial charge in [0.15, 0.2) is 0 Å². The summed E-state index contributed by atoms with van der Waals surface area (Å²) < 4.78 is 0. The molecule has 1 heterocycles. The topological polar surface area (TPSA) is 78.4 Å². The van der Waals surface area contributed by atoms with Crippen molar-refractivity contribution in [2.45, 2.75) is 38.6 Å². The van der Waals surface area contributed by atoms with Gasteiger partial charge in [-0.2, -0.15) is 0 Å². The van der Waals surface area contributed by atoms with Crippen molar-refractivity contribution in [2.24, 2.45) is 0 Å². The molecule has 0 radical (unpaired) electrons. The summed E-state index contributed by atoms with van der Waals surface area (Å²) in [6, 6.07) is 0.311. The number of rotatable bonds is 7. The highest BCUT2D eigenvalue weighted by molar-refractivity contribution is 7.17. The van der Waals surface area contributed by atoms with E-state index in [0.29, 0.717) is 29.1 Å². The zero-order valence-corrected chi connectivity index (χ0v) is 11.9. The molecule has 1 aliphatic carbocycles. The third-order valence-corrected chi connectivity index (χ3v) is 4.14. The molecular weight excluding hydrogens is 264 g/mol. The molecule has 6 nitrogen and oxygen atoms in total. The SMILES string of the molecule is CCNc1nnc(C(=O)N(CCCO)C2CCC2)s1. The van der Waals surface area contributed by atoms with Gasteiger partial charge in [0.1, 0.15) is 0 Å². The standard InChI is InChI=1S/C12H20N4O2S/c1-2-13-12-15-14-10(19-12)11(18)16(7-4-8-17)9-5-3-6-9/h9,17H,2-8H2,1H3,(H,13,15). The molecule has 1 aromatic heterocycles. The van der Waals surface area contributed by atoms with Crippen molar-refractivity contribution in [3.63, 3.8) is 0 Å². The van der Waals surface area contributed by atoms with Crippen LogP contribution >= 0.6 is 11.3 Å². The lowest BCUT2D eigenvalue weighted by molar-refractivity contribution is 0.0561. The zero-order chi connectivity index (χ0) is 13.7. The van der Waals surface area contributed by atoms with E-state index in [-0.39, 0.29) is 12.5 Å².